The van der Waals surface area contributed by atoms with Gasteiger partial charge < -0.3 is 14.8 Å². The summed E-state index contributed by atoms with van der Waals surface area (Å²) in [5.74, 6) is -0.435. The zero-order valence-electron chi connectivity index (χ0n) is 17.3. The Labute approximate surface area is 176 Å². The number of nitrogens with zero attached hydrogens (tertiary/aromatic N) is 1. The van der Waals surface area contributed by atoms with Gasteiger partial charge in [-0.05, 0) is 42.0 Å². The summed E-state index contributed by atoms with van der Waals surface area (Å²) in [6.07, 6.45) is 0. The lowest BCUT2D eigenvalue weighted by Gasteiger charge is -2.18. The third-order valence-electron chi connectivity index (χ3n) is 4.39. The van der Waals surface area contributed by atoms with E-state index in [1.807, 2.05) is 0 Å². The SMILES string of the molecule is CCN(CC)S(=O)(=O)c1ccc(C(=O)NCC(=O)OCc2cccc(OC)c2)cc1. The number of hydrogen-bond donors (Lipinski definition) is 1. The Morgan fingerprint density at radius 2 is 1.70 bits per heavy atom. The van der Waals surface area contributed by atoms with Crippen LogP contribution in [0.15, 0.2) is 53.4 Å². The topological polar surface area (TPSA) is 102 Å². The average Bonchev–Trinajstić information content (AvgIpc) is 2.76. The van der Waals surface area contributed by atoms with Crippen LogP contribution in [0.25, 0.3) is 0 Å². The van der Waals surface area contributed by atoms with Gasteiger partial charge in [-0.25, -0.2) is 8.42 Å². The van der Waals surface area contributed by atoms with Gasteiger partial charge >= 0.3 is 5.97 Å². The van der Waals surface area contributed by atoms with Crippen molar-refractivity contribution in [1.29, 1.82) is 0 Å². The molecule has 0 bridgehead atoms. The second-order valence-electron chi connectivity index (χ2n) is 6.31. The van der Waals surface area contributed by atoms with Crippen molar-refractivity contribution in [3.63, 3.8) is 0 Å². The maximum atomic E-state index is 12.5. The average molecular weight is 435 g/mol. The van der Waals surface area contributed by atoms with Gasteiger partial charge in [0.05, 0.1) is 12.0 Å². The number of benzene rings is 2. The minimum absolute atomic E-state index is 0.0593. The van der Waals surface area contributed by atoms with Gasteiger partial charge in [-0.15, -0.1) is 0 Å². The molecular formula is C21H26N2O6S. The number of amides is 1. The summed E-state index contributed by atoms with van der Waals surface area (Å²) in [4.78, 5) is 24.2. The molecule has 1 N–H and O–H groups in total. The molecular weight excluding hydrogens is 408 g/mol. The van der Waals surface area contributed by atoms with E-state index in [1.165, 1.54) is 28.6 Å². The second kappa shape index (κ2) is 10.7. The van der Waals surface area contributed by atoms with E-state index in [1.54, 1.807) is 45.2 Å². The van der Waals surface area contributed by atoms with Crippen molar-refractivity contribution in [2.75, 3.05) is 26.7 Å². The van der Waals surface area contributed by atoms with Crippen LogP contribution in [-0.4, -0.2) is 51.3 Å². The minimum atomic E-state index is -3.59. The lowest BCUT2D eigenvalue weighted by atomic mass is 10.2. The van der Waals surface area contributed by atoms with Crippen LogP contribution < -0.4 is 10.1 Å². The van der Waals surface area contributed by atoms with Crippen LogP contribution in [0.2, 0.25) is 0 Å². The van der Waals surface area contributed by atoms with Gasteiger partial charge in [-0.3, -0.25) is 9.59 Å². The Morgan fingerprint density at radius 1 is 1.03 bits per heavy atom. The summed E-state index contributed by atoms with van der Waals surface area (Å²) in [5.41, 5.74) is 1.01. The zero-order valence-corrected chi connectivity index (χ0v) is 18.1. The van der Waals surface area contributed by atoms with Gasteiger partial charge in [0.1, 0.15) is 18.9 Å². The van der Waals surface area contributed by atoms with Crippen LogP contribution in [0, 0.1) is 0 Å². The molecule has 1 amide bonds. The van der Waals surface area contributed by atoms with E-state index in [9.17, 15) is 18.0 Å². The van der Waals surface area contributed by atoms with Crippen molar-refractivity contribution in [3.8, 4) is 5.75 Å². The van der Waals surface area contributed by atoms with Crippen LogP contribution in [0.5, 0.6) is 5.75 Å². The third-order valence-corrected chi connectivity index (χ3v) is 6.45. The highest BCUT2D eigenvalue weighted by Gasteiger charge is 2.21. The van der Waals surface area contributed by atoms with E-state index in [2.05, 4.69) is 5.32 Å². The number of rotatable bonds is 10. The molecule has 2 aromatic carbocycles. The molecule has 0 unspecified atom stereocenters. The minimum Gasteiger partial charge on any atom is -0.497 e. The summed E-state index contributed by atoms with van der Waals surface area (Å²) in [6.45, 7) is 4.00. The highest BCUT2D eigenvalue weighted by Crippen LogP contribution is 2.16. The predicted octanol–water partition coefficient (Wildman–Crippen LogP) is 2.20. The van der Waals surface area contributed by atoms with Gasteiger partial charge in [-0.2, -0.15) is 4.31 Å². The normalized spacial score (nSPS) is 11.2. The fourth-order valence-electron chi connectivity index (χ4n) is 2.72. The van der Waals surface area contributed by atoms with Crippen molar-refractivity contribution < 1.29 is 27.5 Å². The number of carbonyl (C=O) groups is 2. The molecule has 0 saturated carbocycles. The molecule has 0 aromatic heterocycles. The van der Waals surface area contributed by atoms with Crippen LogP contribution in [-0.2, 0) is 26.2 Å². The van der Waals surface area contributed by atoms with E-state index in [-0.39, 0.29) is 23.6 Å². The number of esters is 1. The Morgan fingerprint density at radius 3 is 2.30 bits per heavy atom. The molecule has 2 aromatic rings. The lowest BCUT2D eigenvalue weighted by molar-refractivity contribution is -0.143. The quantitative estimate of drug-likeness (QED) is 0.575. The summed E-state index contributed by atoms with van der Waals surface area (Å²) in [6, 6.07) is 12.7. The Balaban J connectivity index is 1.89. The molecule has 9 heteroatoms. The highest BCUT2D eigenvalue weighted by molar-refractivity contribution is 7.89. The maximum Gasteiger partial charge on any atom is 0.325 e. The molecule has 8 nitrogen and oxygen atoms in total. The van der Waals surface area contributed by atoms with Crippen LogP contribution in [0.1, 0.15) is 29.8 Å². The number of sulfonamides is 1. The molecule has 0 aliphatic heterocycles. The monoisotopic (exact) mass is 434 g/mol. The van der Waals surface area contributed by atoms with Gasteiger partial charge in [-0.1, -0.05) is 26.0 Å². The third kappa shape index (κ3) is 6.04. The van der Waals surface area contributed by atoms with E-state index in [0.717, 1.165) is 5.56 Å². The lowest BCUT2D eigenvalue weighted by Crippen LogP contribution is -2.31. The first-order chi connectivity index (χ1) is 14.3. The fourth-order valence-corrected chi connectivity index (χ4v) is 4.18. The number of carbonyl (C=O) groups excluding carboxylic acids is 2. The zero-order chi connectivity index (χ0) is 22.1. The van der Waals surface area contributed by atoms with Crippen molar-refractivity contribution >= 4 is 21.9 Å². The summed E-state index contributed by atoms with van der Waals surface area (Å²) in [5, 5.41) is 2.46. The second-order valence-corrected chi connectivity index (χ2v) is 8.25. The largest absolute Gasteiger partial charge is 0.497 e. The Bertz CT molecular complexity index is 969. The first kappa shape index (κ1) is 23.4. The van der Waals surface area contributed by atoms with Crippen LogP contribution in [0.3, 0.4) is 0 Å². The first-order valence-electron chi connectivity index (χ1n) is 9.48. The molecule has 0 spiro atoms. The van der Waals surface area contributed by atoms with Crippen molar-refractivity contribution in [2.24, 2.45) is 0 Å². The van der Waals surface area contributed by atoms with Gasteiger partial charge in [0, 0.05) is 18.7 Å². The van der Waals surface area contributed by atoms with E-state index < -0.39 is 21.9 Å². The van der Waals surface area contributed by atoms with Gasteiger partial charge in [0.15, 0.2) is 0 Å². The van der Waals surface area contributed by atoms with Crippen molar-refractivity contribution in [1.82, 2.24) is 9.62 Å². The summed E-state index contributed by atoms with van der Waals surface area (Å²) < 4.78 is 36.5. The van der Waals surface area contributed by atoms with E-state index in [4.69, 9.17) is 9.47 Å². The Kier molecular flexibility index (Phi) is 8.37. The van der Waals surface area contributed by atoms with Crippen molar-refractivity contribution in [2.45, 2.75) is 25.3 Å². The molecule has 0 aliphatic rings. The highest BCUT2D eigenvalue weighted by atomic mass is 32.2. The van der Waals surface area contributed by atoms with Gasteiger partial charge in [0.2, 0.25) is 10.0 Å². The number of methoxy groups -OCH3 is 1. The maximum absolute atomic E-state index is 12.5. The predicted molar refractivity (Wildman–Crippen MR) is 112 cm³/mol. The first-order valence-corrected chi connectivity index (χ1v) is 10.9. The summed E-state index contributed by atoms with van der Waals surface area (Å²) in [7, 11) is -2.04. The molecule has 0 atom stereocenters. The molecule has 2 rings (SSSR count). The molecule has 30 heavy (non-hydrogen) atoms. The number of ether oxygens (including phenoxy) is 2. The van der Waals surface area contributed by atoms with Crippen molar-refractivity contribution in [3.05, 3.63) is 59.7 Å². The molecule has 0 aliphatic carbocycles. The van der Waals surface area contributed by atoms with Crippen LogP contribution >= 0.6 is 0 Å². The van der Waals surface area contributed by atoms with Crippen LogP contribution in [0.4, 0.5) is 0 Å². The standard InChI is InChI=1S/C21H26N2O6S/c1-4-23(5-2)30(26,27)19-11-9-17(10-12-19)21(25)22-14-20(24)29-15-16-7-6-8-18(13-16)28-3/h6-13H,4-5,14-15H2,1-3H3,(H,22,25). The summed E-state index contributed by atoms with van der Waals surface area (Å²) >= 11 is 0. The molecule has 0 fully saturated rings. The smallest absolute Gasteiger partial charge is 0.325 e. The number of hydrogen-bond acceptors (Lipinski definition) is 6. The molecule has 0 heterocycles. The fraction of sp³-hybridized carbons (Fsp3) is 0.333. The Hall–Kier alpha value is -2.91. The van der Waals surface area contributed by atoms with Gasteiger partial charge in [0.25, 0.3) is 5.91 Å². The molecule has 0 radical (unpaired) electrons. The molecule has 0 saturated heterocycles. The molecule has 162 valence electrons. The van der Waals surface area contributed by atoms with E-state index >= 15 is 0 Å². The number of nitrogens with one attached hydrogen (secondary N) is 1. The van der Waals surface area contributed by atoms with E-state index in [0.29, 0.717) is 18.8 Å².